The molecule has 0 aliphatic carbocycles. The summed E-state index contributed by atoms with van der Waals surface area (Å²) in [6.07, 6.45) is 0.0602. The molecule has 1 N–H and O–H groups in total. The standard InChI is InChI=1S/C3H6N2O/c4-6-3-1-5-2-3/h3,5H,1-2H2. The van der Waals surface area contributed by atoms with Gasteiger partial charge in [-0.25, -0.2) is 0 Å². The summed E-state index contributed by atoms with van der Waals surface area (Å²) in [5.74, 6) is 7.85. The van der Waals surface area contributed by atoms with Gasteiger partial charge in [-0.2, -0.15) is 0 Å². The zero-order valence-corrected chi connectivity index (χ0v) is 3.35. The monoisotopic (exact) mass is 86.0 g/mol. The molecule has 1 saturated heterocycles. The molecule has 0 aromatic heterocycles. The van der Waals surface area contributed by atoms with Crippen molar-refractivity contribution < 1.29 is 4.84 Å². The van der Waals surface area contributed by atoms with Gasteiger partial charge < -0.3 is 5.32 Å². The third-order valence-corrected chi connectivity index (χ3v) is 0.893. The van der Waals surface area contributed by atoms with Crippen LogP contribution in [-0.2, 0) is 4.84 Å². The fourth-order valence-electron chi connectivity index (χ4n) is 0.337. The second kappa shape index (κ2) is 1.55. The highest BCUT2D eigenvalue weighted by Crippen LogP contribution is 1.91. The fourth-order valence-corrected chi connectivity index (χ4v) is 0.337. The molecule has 1 aliphatic rings. The second-order valence-electron chi connectivity index (χ2n) is 1.39. The zero-order chi connectivity index (χ0) is 4.41. The van der Waals surface area contributed by atoms with Crippen molar-refractivity contribution in [3.63, 3.8) is 0 Å². The van der Waals surface area contributed by atoms with Crippen molar-refractivity contribution in [1.82, 2.24) is 11.2 Å². The van der Waals surface area contributed by atoms with E-state index in [4.69, 9.17) is 5.90 Å². The first kappa shape index (κ1) is 4.05. The molecule has 1 fully saturated rings. The van der Waals surface area contributed by atoms with Crippen molar-refractivity contribution in [3.8, 4) is 0 Å². The van der Waals surface area contributed by atoms with Gasteiger partial charge in [-0.1, -0.05) is 0 Å². The molecule has 0 aromatic rings. The van der Waals surface area contributed by atoms with E-state index in [1.807, 2.05) is 0 Å². The average Bonchev–Trinajstić information content (AvgIpc) is 1.31. The molecule has 0 atom stereocenters. The highest BCUT2D eigenvalue weighted by Gasteiger charge is 2.15. The number of hydrogen-bond donors (Lipinski definition) is 1. The molecule has 1 rings (SSSR count). The molecule has 0 amide bonds. The van der Waals surface area contributed by atoms with Crippen molar-refractivity contribution in [3.05, 3.63) is 0 Å². The lowest BCUT2D eigenvalue weighted by atomic mass is 10.2. The third-order valence-electron chi connectivity index (χ3n) is 0.893. The normalized spacial score (nSPS) is 23.5. The quantitative estimate of drug-likeness (QED) is 0.414. The van der Waals surface area contributed by atoms with E-state index < -0.39 is 0 Å². The lowest BCUT2D eigenvalue weighted by Crippen LogP contribution is -2.48. The lowest BCUT2D eigenvalue weighted by molar-refractivity contribution is 0.00422. The van der Waals surface area contributed by atoms with Crippen LogP contribution in [-0.4, -0.2) is 19.2 Å². The molecular formula is C3H6N2O. The first-order valence-corrected chi connectivity index (χ1v) is 1.94. The van der Waals surface area contributed by atoms with Gasteiger partial charge in [0, 0.05) is 19.0 Å². The molecular weight excluding hydrogens is 80.0 g/mol. The van der Waals surface area contributed by atoms with E-state index in [0.717, 1.165) is 13.1 Å². The van der Waals surface area contributed by atoms with Crippen molar-refractivity contribution in [1.29, 1.82) is 0 Å². The summed E-state index contributed by atoms with van der Waals surface area (Å²) in [6.45, 7) is 1.58. The molecule has 0 aromatic carbocycles. The van der Waals surface area contributed by atoms with Crippen molar-refractivity contribution >= 4 is 0 Å². The summed E-state index contributed by atoms with van der Waals surface area (Å²) in [5.41, 5.74) is 0. The summed E-state index contributed by atoms with van der Waals surface area (Å²) < 4.78 is 0. The van der Waals surface area contributed by atoms with Gasteiger partial charge in [0.05, 0.1) is 0 Å². The Kier molecular flexibility index (Phi) is 1.05. The third kappa shape index (κ3) is 0.518. The maximum Gasteiger partial charge on any atom is 0.108 e. The topological polar surface area (TPSA) is 43.6 Å². The van der Waals surface area contributed by atoms with Crippen LogP contribution in [0.4, 0.5) is 0 Å². The number of nitrogens with zero attached hydrogens (tertiary/aromatic N) is 1. The molecule has 3 nitrogen and oxygen atoms in total. The average molecular weight is 86.1 g/mol. The number of hydrogen-bond acceptors (Lipinski definition) is 2. The Morgan fingerprint density at radius 2 is 2.33 bits per heavy atom. The minimum Gasteiger partial charge on any atom is -0.311 e. The van der Waals surface area contributed by atoms with Crippen molar-refractivity contribution in [2.75, 3.05) is 13.1 Å². The van der Waals surface area contributed by atoms with Gasteiger partial charge in [0.1, 0.15) is 6.10 Å². The van der Waals surface area contributed by atoms with Crippen molar-refractivity contribution in [2.45, 2.75) is 6.10 Å². The van der Waals surface area contributed by atoms with Crippen LogP contribution < -0.4 is 11.2 Å². The van der Waals surface area contributed by atoms with Crippen LogP contribution in [0.25, 0.3) is 0 Å². The summed E-state index contributed by atoms with van der Waals surface area (Å²) in [4.78, 5) is 3.92. The largest absolute Gasteiger partial charge is 0.311 e. The minimum atomic E-state index is 0.0602. The van der Waals surface area contributed by atoms with Gasteiger partial charge in [-0.15, -0.1) is 0 Å². The minimum absolute atomic E-state index is 0.0602. The Labute approximate surface area is 36.4 Å². The number of nitrogens with one attached hydrogen (secondary N) is 1. The molecule has 0 unspecified atom stereocenters. The van der Waals surface area contributed by atoms with Crippen LogP contribution in [0, 0.1) is 0 Å². The highest BCUT2D eigenvalue weighted by atomic mass is 16.6. The fraction of sp³-hybridized carbons (Fsp3) is 1.00. The van der Waals surface area contributed by atoms with Crippen LogP contribution in [0.3, 0.4) is 0 Å². The predicted octanol–water partition coefficient (Wildman–Crippen LogP) is -1.04. The summed E-state index contributed by atoms with van der Waals surface area (Å²) >= 11 is 0. The molecule has 1 heterocycles. The van der Waals surface area contributed by atoms with Gasteiger partial charge in [-0.3, -0.25) is 4.84 Å². The maximum absolute atomic E-state index is 7.85. The molecule has 6 heavy (non-hydrogen) atoms. The van der Waals surface area contributed by atoms with E-state index in [-0.39, 0.29) is 6.10 Å². The molecule has 2 radical (unpaired) electrons. The van der Waals surface area contributed by atoms with E-state index in [2.05, 4.69) is 10.2 Å². The summed E-state index contributed by atoms with van der Waals surface area (Å²) in [5, 5.41) is 2.93. The summed E-state index contributed by atoms with van der Waals surface area (Å²) in [7, 11) is 0. The van der Waals surface area contributed by atoms with E-state index >= 15 is 0 Å². The van der Waals surface area contributed by atoms with Gasteiger partial charge in [0.25, 0.3) is 0 Å². The van der Waals surface area contributed by atoms with Gasteiger partial charge in [0.2, 0.25) is 0 Å². The predicted molar refractivity (Wildman–Crippen MR) is 19.9 cm³/mol. The first-order chi connectivity index (χ1) is 2.93. The zero-order valence-electron chi connectivity index (χ0n) is 3.35. The van der Waals surface area contributed by atoms with E-state index in [9.17, 15) is 0 Å². The molecule has 0 bridgehead atoms. The van der Waals surface area contributed by atoms with Gasteiger partial charge >= 0.3 is 0 Å². The van der Waals surface area contributed by atoms with Crippen LogP contribution in [0.5, 0.6) is 0 Å². The van der Waals surface area contributed by atoms with E-state index in [1.54, 1.807) is 0 Å². The Morgan fingerprint density at radius 3 is 2.33 bits per heavy atom. The van der Waals surface area contributed by atoms with Crippen LogP contribution >= 0.6 is 0 Å². The Balaban J connectivity index is 2.01. The Bertz CT molecular complexity index is 41.3. The Morgan fingerprint density at radius 1 is 1.67 bits per heavy atom. The van der Waals surface area contributed by atoms with E-state index in [1.165, 1.54) is 0 Å². The van der Waals surface area contributed by atoms with Crippen LogP contribution in [0.2, 0.25) is 0 Å². The molecule has 34 valence electrons. The SMILES string of the molecule is [N]OC1CNC1. The maximum atomic E-state index is 7.85. The van der Waals surface area contributed by atoms with Gasteiger partial charge in [-0.05, 0) is 0 Å². The molecule has 0 spiro atoms. The van der Waals surface area contributed by atoms with Crippen LogP contribution in [0.1, 0.15) is 0 Å². The second-order valence-corrected chi connectivity index (χ2v) is 1.39. The highest BCUT2D eigenvalue weighted by molar-refractivity contribution is 4.73. The smallest absolute Gasteiger partial charge is 0.108 e. The van der Waals surface area contributed by atoms with Crippen molar-refractivity contribution in [2.24, 2.45) is 0 Å². The Hall–Kier alpha value is -0.120. The van der Waals surface area contributed by atoms with Gasteiger partial charge in [0.15, 0.2) is 0 Å². The summed E-state index contributed by atoms with van der Waals surface area (Å²) in [6, 6.07) is 0. The lowest BCUT2D eigenvalue weighted by Gasteiger charge is -2.22. The molecule has 3 heteroatoms. The first-order valence-electron chi connectivity index (χ1n) is 1.94. The number of rotatable bonds is 1. The van der Waals surface area contributed by atoms with E-state index in [0.29, 0.717) is 0 Å². The molecule has 0 saturated carbocycles. The van der Waals surface area contributed by atoms with Crippen LogP contribution in [0.15, 0.2) is 0 Å². The molecule has 1 aliphatic heterocycles.